The molecular formula is C22H23N3O4S. The van der Waals surface area contributed by atoms with Gasteiger partial charge in [-0.05, 0) is 37.1 Å². The van der Waals surface area contributed by atoms with Gasteiger partial charge >= 0.3 is 0 Å². The number of hydrogen-bond acceptors (Lipinski definition) is 6. The molecule has 1 unspecified atom stereocenters. The Morgan fingerprint density at radius 1 is 1.30 bits per heavy atom. The molecule has 0 radical (unpaired) electrons. The molecule has 30 heavy (non-hydrogen) atoms. The summed E-state index contributed by atoms with van der Waals surface area (Å²) >= 11 is 1.31. The number of carbonyl (C=O) groups is 2. The van der Waals surface area contributed by atoms with Crippen molar-refractivity contribution in [3.05, 3.63) is 64.6 Å². The number of methoxy groups -OCH3 is 1. The number of anilines is 1. The molecule has 0 aliphatic carbocycles. The van der Waals surface area contributed by atoms with Crippen molar-refractivity contribution >= 4 is 28.3 Å². The van der Waals surface area contributed by atoms with Crippen LogP contribution in [0.25, 0.3) is 0 Å². The van der Waals surface area contributed by atoms with Crippen molar-refractivity contribution in [2.45, 2.75) is 25.7 Å². The number of hydrogen-bond donors (Lipinski definition) is 1. The van der Waals surface area contributed by atoms with Gasteiger partial charge in [0.05, 0.1) is 31.1 Å². The third-order valence-electron chi connectivity index (χ3n) is 5.34. The van der Waals surface area contributed by atoms with Crippen molar-refractivity contribution in [3.8, 4) is 5.75 Å². The minimum Gasteiger partial charge on any atom is -0.497 e. The largest absolute Gasteiger partial charge is 0.497 e. The molecular weight excluding hydrogens is 402 g/mol. The van der Waals surface area contributed by atoms with Crippen molar-refractivity contribution in [3.63, 3.8) is 0 Å². The molecule has 1 aliphatic heterocycles. The lowest BCUT2D eigenvalue weighted by molar-refractivity contribution is -0.129. The fourth-order valence-corrected chi connectivity index (χ4v) is 4.34. The van der Waals surface area contributed by atoms with E-state index in [2.05, 4.69) is 22.4 Å². The molecule has 1 fully saturated rings. The number of rotatable bonds is 6. The lowest BCUT2D eigenvalue weighted by atomic mass is 9.98. The smallest absolute Gasteiger partial charge is 0.260 e. The molecule has 3 aromatic rings. The zero-order chi connectivity index (χ0) is 21.1. The van der Waals surface area contributed by atoms with Crippen molar-refractivity contribution in [1.29, 1.82) is 0 Å². The van der Waals surface area contributed by atoms with Gasteiger partial charge in [-0.1, -0.05) is 12.1 Å². The standard InChI is InChI=1S/C22H23N3O4S/c1-14-19(8-10-29-14)21(27)24-22-23-17(13-30-22)11-20(26)25-9-7-16(12-25)15-3-5-18(28-2)6-4-15/h3-6,8,10,13,16H,7,9,11-12H2,1-2H3,(H,23,24,27). The second-order valence-electron chi connectivity index (χ2n) is 7.26. The van der Waals surface area contributed by atoms with Crippen LogP contribution in [0.2, 0.25) is 0 Å². The Bertz CT molecular complexity index is 1040. The van der Waals surface area contributed by atoms with Gasteiger partial charge in [0.2, 0.25) is 5.91 Å². The Kier molecular flexibility index (Phi) is 5.85. The van der Waals surface area contributed by atoms with E-state index in [1.54, 1.807) is 20.1 Å². The third-order valence-corrected chi connectivity index (χ3v) is 6.14. The molecule has 8 heteroatoms. The van der Waals surface area contributed by atoms with E-state index >= 15 is 0 Å². The predicted octanol–water partition coefficient (Wildman–Crippen LogP) is 3.86. The number of amides is 2. The number of ether oxygens (including phenoxy) is 1. The van der Waals surface area contributed by atoms with E-state index < -0.39 is 0 Å². The van der Waals surface area contributed by atoms with Gasteiger partial charge in [0.1, 0.15) is 11.5 Å². The quantitative estimate of drug-likeness (QED) is 0.648. The molecule has 1 aromatic carbocycles. The number of likely N-dealkylation sites (tertiary alicyclic amines) is 1. The molecule has 0 spiro atoms. The van der Waals surface area contributed by atoms with Gasteiger partial charge < -0.3 is 14.1 Å². The van der Waals surface area contributed by atoms with E-state index in [9.17, 15) is 9.59 Å². The van der Waals surface area contributed by atoms with Gasteiger partial charge in [0, 0.05) is 24.4 Å². The lowest BCUT2D eigenvalue weighted by Gasteiger charge is -2.16. The first-order chi connectivity index (χ1) is 14.5. The zero-order valence-corrected chi connectivity index (χ0v) is 17.7. The Morgan fingerprint density at radius 3 is 2.80 bits per heavy atom. The first-order valence-corrected chi connectivity index (χ1v) is 10.6. The molecule has 2 aromatic heterocycles. The number of aromatic nitrogens is 1. The molecule has 1 saturated heterocycles. The number of furan rings is 1. The zero-order valence-electron chi connectivity index (χ0n) is 16.9. The average Bonchev–Trinajstić information content (AvgIpc) is 3.49. The van der Waals surface area contributed by atoms with Gasteiger partial charge in [0.15, 0.2) is 5.13 Å². The molecule has 0 bridgehead atoms. The number of aryl methyl sites for hydroxylation is 1. The molecule has 0 saturated carbocycles. The van der Waals surface area contributed by atoms with Crippen molar-refractivity contribution in [2.75, 3.05) is 25.5 Å². The Balaban J connectivity index is 1.32. The maximum atomic E-state index is 12.7. The minimum absolute atomic E-state index is 0.0554. The number of nitrogens with one attached hydrogen (secondary N) is 1. The second kappa shape index (κ2) is 8.71. The summed E-state index contributed by atoms with van der Waals surface area (Å²) in [5.41, 5.74) is 2.36. The number of carbonyl (C=O) groups excluding carboxylic acids is 2. The van der Waals surface area contributed by atoms with Crippen LogP contribution in [0.15, 0.2) is 46.4 Å². The topological polar surface area (TPSA) is 84.7 Å². The van der Waals surface area contributed by atoms with Crippen molar-refractivity contribution in [2.24, 2.45) is 0 Å². The van der Waals surface area contributed by atoms with E-state index in [1.165, 1.54) is 23.2 Å². The Labute approximate surface area is 178 Å². The summed E-state index contributed by atoms with van der Waals surface area (Å²) < 4.78 is 10.4. The predicted molar refractivity (Wildman–Crippen MR) is 114 cm³/mol. The monoisotopic (exact) mass is 425 g/mol. The van der Waals surface area contributed by atoms with Crippen molar-refractivity contribution < 1.29 is 18.7 Å². The summed E-state index contributed by atoms with van der Waals surface area (Å²) in [6.45, 7) is 3.18. The maximum Gasteiger partial charge on any atom is 0.260 e. The summed E-state index contributed by atoms with van der Waals surface area (Å²) in [4.78, 5) is 31.3. The van der Waals surface area contributed by atoms with Gasteiger partial charge in [-0.3, -0.25) is 14.9 Å². The van der Waals surface area contributed by atoms with Gasteiger partial charge in [-0.2, -0.15) is 0 Å². The molecule has 1 aliphatic rings. The first-order valence-electron chi connectivity index (χ1n) is 9.75. The summed E-state index contributed by atoms with van der Waals surface area (Å²) in [7, 11) is 1.65. The second-order valence-corrected chi connectivity index (χ2v) is 8.12. The summed E-state index contributed by atoms with van der Waals surface area (Å²) in [5, 5.41) is 5.04. The van der Waals surface area contributed by atoms with Crippen LogP contribution in [0.4, 0.5) is 5.13 Å². The van der Waals surface area contributed by atoms with E-state index in [1.807, 2.05) is 22.4 Å². The average molecular weight is 426 g/mol. The Hall–Kier alpha value is -3.13. The molecule has 4 rings (SSSR count). The van der Waals surface area contributed by atoms with Crippen LogP contribution in [-0.4, -0.2) is 41.9 Å². The number of thiazole rings is 1. The van der Waals surface area contributed by atoms with Crippen LogP contribution in [0.3, 0.4) is 0 Å². The van der Waals surface area contributed by atoms with E-state index in [4.69, 9.17) is 9.15 Å². The highest BCUT2D eigenvalue weighted by atomic mass is 32.1. The number of nitrogens with zero attached hydrogens (tertiary/aromatic N) is 2. The summed E-state index contributed by atoms with van der Waals surface area (Å²) in [6.07, 6.45) is 2.65. The van der Waals surface area contributed by atoms with Crippen LogP contribution >= 0.6 is 11.3 Å². The highest BCUT2D eigenvalue weighted by Gasteiger charge is 2.27. The van der Waals surface area contributed by atoms with Crippen molar-refractivity contribution in [1.82, 2.24) is 9.88 Å². The van der Waals surface area contributed by atoms with Crippen LogP contribution in [-0.2, 0) is 11.2 Å². The van der Waals surface area contributed by atoms with Crippen LogP contribution in [0.5, 0.6) is 5.75 Å². The molecule has 1 atom stereocenters. The molecule has 156 valence electrons. The van der Waals surface area contributed by atoms with E-state index in [-0.39, 0.29) is 18.2 Å². The summed E-state index contributed by atoms with van der Waals surface area (Å²) in [6, 6.07) is 9.66. The van der Waals surface area contributed by atoms with Crippen LogP contribution < -0.4 is 10.1 Å². The SMILES string of the molecule is COc1ccc(C2CCN(C(=O)Cc3csc(NC(=O)c4ccoc4C)n3)C2)cc1. The minimum atomic E-state index is -0.268. The highest BCUT2D eigenvalue weighted by molar-refractivity contribution is 7.14. The normalized spacial score (nSPS) is 15.9. The summed E-state index contributed by atoms with van der Waals surface area (Å²) in [5.74, 6) is 1.51. The molecule has 7 nitrogen and oxygen atoms in total. The lowest BCUT2D eigenvalue weighted by Crippen LogP contribution is -2.30. The van der Waals surface area contributed by atoms with Gasteiger partial charge in [-0.25, -0.2) is 4.98 Å². The van der Waals surface area contributed by atoms with E-state index in [0.717, 1.165) is 18.7 Å². The van der Waals surface area contributed by atoms with E-state index in [0.29, 0.717) is 34.6 Å². The van der Waals surface area contributed by atoms with Crippen LogP contribution in [0.1, 0.15) is 39.7 Å². The van der Waals surface area contributed by atoms with Crippen LogP contribution in [0, 0.1) is 6.92 Å². The van der Waals surface area contributed by atoms with Gasteiger partial charge in [0.25, 0.3) is 5.91 Å². The third kappa shape index (κ3) is 4.38. The first kappa shape index (κ1) is 20.2. The number of benzene rings is 1. The fourth-order valence-electron chi connectivity index (χ4n) is 3.63. The molecule has 2 amide bonds. The fraction of sp³-hybridized carbons (Fsp3) is 0.318. The Morgan fingerprint density at radius 2 is 2.10 bits per heavy atom. The maximum absolute atomic E-state index is 12.7. The molecule has 1 N–H and O–H groups in total. The van der Waals surface area contributed by atoms with Gasteiger partial charge in [-0.15, -0.1) is 11.3 Å². The highest BCUT2D eigenvalue weighted by Crippen LogP contribution is 2.29. The molecule has 3 heterocycles.